The Balaban J connectivity index is 1.17. The molecule has 11 rings (SSSR count). The lowest BCUT2D eigenvalue weighted by Gasteiger charge is -2.40. The zero-order valence-electron chi connectivity index (χ0n) is 29.1. The van der Waals surface area contributed by atoms with Crippen molar-refractivity contribution >= 4 is 77.0 Å². The van der Waals surface area contributed by atoms with E-state index in [4.69, 9.17) is 4.42 Å². The maximum absolute atomic E-state index is 6.70. The van der Waals surface area contributed by atoms with Crippen molar-refractivity contribution < 1.29 is 4.42 Å². The molecule has 2 aromatic heterocycles. The average molecular weight is 699 g/mol. The smallest absolute Gasteiger partial charge is 0.135 e. The highest BCUT2D eigenvalue weighted by atomic mass is 32.1. The molecule has 3 nitrogen and oxygen atoms in total. The minimum absolute atomic E-state index is 0.0279. The number of allylic oxidation sites excluding steroid dienone is 1. The lowest BCUT2D eigenvalue weighted by atomic mass is 9.62. The van der Waals surface area contributed by atoms with Crippen LogP contribution in [0.15, 0.2) is 186 Å². The number of benzene rings is 7. The molecular formula is C49H34N2OS. The Morgan fingerprint density at radius 3 is 2.04 bits per heavy atom. The van der Waals surface area contributed by atoms with Crippen LogP contribution in [-0.4, -0.2) is 0 Å². The highest BCUT2D eigenvalue weighted by molar-refractivity contribution is 7.25. The Morgan fingerprint density at radius 2 is 1.23 bits per heavy atom. The third-order valence-corrected chi connectivity index (χ3v) is 12.5. The van der Waals surface area contributed by atoms with Gasteiger partial charge in [-0.1, -0.05) is 109 Å². The molecule has 0 bridgehead atoms. The van der Waals surface area contributed by atoms with Crippen LogP contribution in [0.1, 0.15) is 35.3 Å². The van der Waals surface area contributed by atoms with Gasteiger partial charge in [0, 0.05) is 77.0 Å². The van der Waals surface area contributed by atoms with E-state index in [0.717, 1.165) is 34.1 Å². The van der Waals surface area contributed by atoms with Gasteiger partial charge in [-0.3, -0.25) is 0 Å². The van der Waals surface area contributed by atoms with Crippen molar-refractivity contribution in [1.29, 1.82) is 0 Å². The maximum atomic E-state index is 6.70. The van der Waals surface area contributed by atoms with Gasteiger partial charge in [0.15, 0.2) is 0 Å². The second kappa shape index (κ2) is 11.6. The van der Waals surface area contributed by atoms with Gasteiger partial charge in [-0.25, -0.2) is 0 Å². The molecule has 0 N–H and O–H groups in total. The number of hydrogen-bond acceptors (Lipinski definition) is 4. The number of hydrogen-bond donors (Lipinski definition) is 0. The molecule has 53 heavy (non-hydrogen) atoms. The molecule has 2 unspecified atom stereocenters. The second-order valence-electron chi connectivity index (χ2n) is 14.3. The Morgan fingerprint density at radius 1 is 0.585 bits per heavy atom. The third kappa shape index (κ3) is 4.46. The lowest BCUT2D eigenvalue weighted by Crippen LogP contribution is -2.36. The standard InChI is InChI=1S/C49H34N2OS/c1-49-40-27-25-36(50(33-17-7-3-8-18-33)35-26-28-45-39(29-35)37-21-12-14-24-44(37)53-45)30-41(40)51(34-19-9-4-10-20-34)46(49)31-43-47(38-22-11-13-23-42(38)52-43)48(49)32-15-5-2-6-16-32/h2-31,48H,1H3. The predicted molar refractivity (Wildman–Crippen MR) is 222 cm³/mol. The summed E-state index contributed by atoms with van der Waals surface area (Å²) in [7, 11) is 0. The first-order valence-corrected chi connectivity index (χ1v) is 19.0. The van der Waals surface area contributed by atoms with Crippen molar-refractivity contribution in [3.8, 4) is 0 Å². The van der Waals surface area contributed by atoms with E-state index in [0.29, 0.717) is 0 Å². The minimum atomic E-state index is -0.392. The van der Waals surface area contributed by atoms with E-state index >= 15 is 0 Å². The van der Waals surface area contributed by atoms with E-state index in [2.05, 4.69) is 199 Å². The molecule has 1 aliphatic carbocycles. The van der Waals surface area contributed by atoms with Gasteiger partial charge in [0.05, 0.1) is 5.69 Å². The summed E-state index contributed by atoms with van der Waals surface area (Å²) in [6, 6.07) is 63.8. The molecule has 1 aliphatic heterocycles. The van der Waals surface area contributed by atoms with E-state index < -0.39 is 5.41 Å². The first kappa shape index (κ1) is 30.3. The van der Waals surface area contributed by atoms with Gasteiger partial charge in [0.25, 0.3) is 0 Å². The van der Waals surface area contributed by atoms with Crippen molar-refractivity contribution in [3.05, 3.63) is 204 Å². The molecular weight excluding hydrogens is 665 g/mol. The summed E-state index contributed by atoms with van der Waals surface area (Å²) in [5.41, 5.74) is 11.2. The number of para-hydroxylation sites is 3. The molecule has 4 heteroatoms. The van der Waals surface area contributed by atoms with Crippen molar-refractivity contribution in [1.82, 2.24) is 0 Å². The van der Waals surface area contributed by atoms with Crippen LogP contribution in [0.25, 0.3) is 37.2 Å². The molecule has 0 saturated heterocycles. The van der Waals surface area contributed by atoms with Gasteiger partial charge in [-0.15, -0.1) is 11.3 Å². The van der Waals surface area contributed by atoms with E-state index in [9.17, 15) is 0 Å². The predicted octanol–water partition coefficient (Wildman–Crippen LogP) is 13.9. The van der Waals surface area contributed by atoms with Crippen molar-refractivity contribution in [2.24, 2.45) is 0 Å². The molecule has 252 valence electrons. The molecule has 2 aliphatic rings. The first-order chi connectivity index (χ1) is 26.2. The fourth-order valence-electron chi connectivity index (χ4n) is 9.08. The molecule has 0 saturated carbocycles. The molecule has 2 atom stereocenters. The first-order valence-electron chi connectivity index (χ1n) is 18.2. The normalized spacial score (nSPS) is 17.5. The summed E-state index contributed by atoms with van der Waals surface area (Å²) in [6.07, 6.45) is 2.31. The number of fused-ring (bicyclic) bond motifs is 9. The minimum Gasteiger partial charge on any atom is -0.456 e. The van der Waals surface area contributed by atoms with Gasteiger partial charge >= 0.3 is 0 Å². The van der Waals surface area contributed by atoms with Gasteiger partial charge < -0.3 is 14.2 Å². The van der Waals surface area contributed by atoms with Gasteiger partial charge in [0.1, 0.15) is 11.3 Å². The van der Waals surface area contributed by atoms with Gasteiger partial charge in [-0.05, 0) is 84.8 Å². The molecule has 0 amide bonds. The molecule has 3 heterocycles. The van der Waals surface area contributed by atoms with E-state index in [1.54, 1.807) is 0 Å². The SMILES string of the molecule is CC12C(=Cc3oc4ccccc4c3C1c1ccccc1)N(c1ccccc1)c1cc(N(c3ccccc3)c3ccc4sc5ccccc5c4c3)ccc12. The Bertz CT molecular complexity index is 2870. The summed E-state index contributed by atoms with van der Waals surface area (Å²) in [5, 5.41) is 3.76. The maximum Gasteiger partial charge on any atom is 0.135 e. The zero-order valence-corrected chi connectivity index (χ0v) is 29.9. The van der Waals surface area contributed by atoms with Crippen LogP contribution < -0.4 is 9.80 Å². The van der Waals surface area contributed by atoms with Gasteiger partial charge in [-0.2, -0.15) is 0 Å². The summed E-state index contributed by atoms with van der Waals surface area (Å²) < 4.78 is 9.31. The van der Waals surface area contributed by atoms with Crippen LogP contribution in [0.3, 0.4) is 0 Å². The highest BCUT2D eigenvalue weighted by Gasteiger charge is 2.54. The van der Waals surface area contributed by atoms with Crippen molar-refractivity contribution in [3.63, 3.8) is 0 Å². The Kier molecular flexibility index (Phi) is 6.61. The number of rotatable bonds is 5. The van der Waals surface area contributed by atoms with E-state index in [1.165, 1.54) is 53.6 Å². The summed E-state index contributed by atoms with van der Waals surface area (Å²) in [5.74, 6) is 0.962. The number of anilines is 5. The lowest BCUT2D eigenvalue weighted by molar-refractivity contribution is 0.482. The Hall–Kier alpha value is -6.36. The summed E-state index contributed by atoms with van der Waals surface area (Å²) in [6.45, 7) is 2.44. The monoisotopic (exact) mass is 698 g/mol. The number of thiophene rings is 1. The average Bonchev–Trinajstić information content (AvgIpc) is 3.85. The molecule has 9 aromatic rings. The molecule has 0 spiro atoms. The number of furan rings is 1. The van der Waals surface area contributed by atoms with Crippen LogP contribution in [-0.2, 0) is 5.41 Å². The quantitative estimate of drug-likeness (QED) is 0.178. The largest absolute Gasteiger partial charge is 0.456 e. The van der Waals surface area contributed by atoms with Crippen LogP contribution in [0.4, 0.5) is 28.4 Å². The van der Waals surface area contributed by atoms with Crippen LogP contribution in [0, 0.1) is 0 Å². The number of nitrogens with zero attached hydrogens (tertiary/aromatic N) is 2. The fourth-order valence-corrected chi connectivity index (χ4v) is 10.2. The summed E-state index contributed by atoms with van der Waals surface area (Å²) >= 11 is 1.85. The third-order valence-electron chi connectivity index (χ3n) is 11.4. The van der Waals surface area contributed by atoms with Crippen LogP contribution in [0.5, 0.6) is 0 Å². The summed E-state index contributed by atoms with van der Waals surface area (Å²) in [4.78, 5) is 4.88. The molecule has 7 aromatic carbocycles. The molecule has 0 radical (unpaired) electrons. The zero-order chi connectivity index (χ0) is 35.1. The molecule has 0 fully saturated rings. The van der Waals surface area contributed by atoms with Crippen molar-refractivity contribution in [2.45, 2.75) is 18.3 Å². The van der Waals surface area contributed by atoms with E-state index in [-0.39, 0.29) is 5.92 Å². The topological polar surface area (TPSA) is 19.6 Å². The highest BCUT2D eigenvalue weighted by Crippen LogP contribution is 2.63. The fraction of sp³-hybridized carbons (Fsp3) is 0.0612. The Labute approximate surface area is 312 Å². The van der Waals surface area contributed by atoms with Crippen molar-refractivity contribution in [2.75, 3.05) is 9.80 Å². The van der Waals surface area contributed by atoms with Crippen LogP contribution in [0.2, 0.25) is 0 Å². The van der Waals surface area contributed by atoms with Crippen LogP contribution >= 0.6 is 11.3 Å². The van der Waals surface area contributed by atoms with Gasteiger partial charge in [0.2, 0.25) is 0 Å². The second-order valence-corrected chi connectivity index (χ2v) is 15.4. The van der Waals surface area contributed by atoms with E-state index in [1.807, 2.05) is 11.3 Å².